The minimum absolute atomic E-state index is 0.555. The lowest BCUT2D eigenvalue weighted by molar-refractivity contribution is 0.122. The van der Waals surface area contributed by atoms with E-state index in [2.05, 4.69) is 52.3 Å². The largest absolute Gasteiger partial charge is 0.376 e. The number of fused-ring (bicyclic) bond motifs is 1. The molecule has 2 aromatic carbocycles. The lowest BCUT2D eigenvalue weighted by Gasteiger charge is -2.10. The summed E-state index contributed by atoms with van der Waals surface area (Å²) >= 11 is 5.49. The Hall–Kier alpha value is -0.770. The van der Waals surface area contributed by atoms with Crippen molar-refractivity contribution in [3.63, 3.8) is 0 Å². The van der Waals surface area contributed by atoms with Gasteiger partial charge in [-0.3, -0.25) is 0 Å². The predicted molar refractivity (Wildman–Crippen MR) is 83.6 cm³/mol. The van der Waals surface area contributed by atoms with Crippen molar-refractivity contribution in [2.24, 2.45) is 0 Å². The molecule has 0 fully saturated rings. The molecule has 98 valence electrons. The molecule has 3 rings (SSSR count). The zero-order valence-corrected chi connectivity index (χ0v) is 12.9. The third kappa shape index (κ3) is 3.22. The second-order valence-corrected chi connectivity index (χ2v) is 6.85. The van der Waals surface area contributed by atoms with Crippen LogP contribution in [-0.2, 0) is 17.8 Å². The number of halogens is 1. The van der Waals surface area contributed by atoms with Crippen molar-refractivity contribution in [3.05, 3.63) is 64.1 Å². The topological polar surface area (TPSA) is 9.23 Å². The van der Waals surface area contributed by atoms with E-state index in [1.165, 1.54) is 16.0 Å². The first-order chi connectivity index (χ1) is 9.33. The van der Waals surface area contributed by atoms with Gasteiger partial charge in [0, 0.05) is 14.6 Å². The van der Waals surface area contributed by atoms with Gasteiger partial charge in [-0.25, -0.2) is 0 Å². The maximum Gasteiger partial charge on any atom is 0.0728 e. The minimum atomic E-state index is 0.555. The van der Waals surface area contributed by atoms with Gasteiger partial charge in [0.2, 0.25) is 0 Å². The van der Waals surface area contributed by atoms with Crippen LogP contribution in [0.5, 0.6) is 0 Å². The van der Waals surface area contributed by atoms with E-state index >= 15 is 0 Å². The molecule has 1 aliphatic heterocycles. The van der Waals surface area contributed by atoms with Crippen LogP contribution in [0.1, 0.15) is 11.1 Å². The van der Waals surface area contributed by atoms with E-state index in [1.54, 1.807) is 0 Å². The van der Waals surface area contributed by atoms with Crippen molar-refractivity contribution in [2.45, 2.75) is 23.2 Å². The molecule has 2 aromatic rings. The molecule has 1 atom stereocenters. The molecule has 0 spiro atoms. The van der Waals surface area contributed by atoms with Gasteiger partial charge in [0.05, 0.1) is 13.2 Å². The summed E-state index contributed by atoms with van der Waals surface area (Å²) in [6, 6.07) is 16.9. The summed E-state index contributed by atoms with van der Waals surface area (Å²) < 4.78 is 6.99. The Labute approximate surface area is 126 Å². The van der Waals surface area contributed by atoms with E-state index in [9.17, 15) is 0 Å². The van der Waals surface area contributed by atoms with Gasteiger partial charge in [0.1, 0.15) is 0 Å². The third-order valence-electron chi connectivity index (χ3n) is 3.23. The van der Waals surface area contributed by atoms with Crippen molar-refractivity contribution >= 4 is 27.7 Å². The van der Waals surface area contributed by atoms with E-state index in [1.807, 2.05) is 23.9 Å². The maximum absolute atomic E-state index is 5.86. The summed E-state index contributed by atoms with van der Waals surface area (Å²) in [5.74, 6) is 0. The Morgan fingerprint density at radius 1 is 1.11 bits per heavy atom. The van der Waals surface area contributed by atoms with Gasteiger partial charge in [0.25, 0.3) is 0 Å². The highest BCUT2D eigenvalue weighted by Gasteiger charge is 2.21. The van der Waals surface area contributed by atoms with E-state index in [0.29, 0.717) is 11.9 Å². The van der Waals surface area contributed by atoms with Gasteiger partial charge < -0.3 is 4.74 Å². The van der Waals surface area contributed by atoms with Crippen LogP contribution in [0.4, 0.5) is 0 Å². The summed E-state index contributed by atoms with van der Waals surface area (Å²) in [6.07, 6.45) is 1.12. The minimum Gasteiger partial charge on any atom is -0.376 e. The maximum atomic E-state index is 5.86. The van der Waals surface area contributed by atoms with Crippen LogP contribution in [-0.4, -0.2) is 11.9 Å². The molecule has 0 aromatic heterocycles. The van der Waals surface area contributed by atoms with E-state index in [4.69, 9.17) is 4.74 Å². The molecule has 3 heteroatoms. The van der Waals surface area contributed by atoms with Crippen molar-refractivity contribution < 1.29 is 4.74 Å². The summed E-state index contributed by atoms with van der Waals surface area (Å²) in [5, 5.41) is 0.555. The highest BCUT2D eigenvalue weighted by atomic mass is 79.9. The van der Waals surface area contributed by atoms with Crippen molar-refractivity contribution in [1.29, 1.82) is 0 Å². The predicted octanol–water partition coefficient (Wildman–Crippen LogP) is 4.68. The van der Waals surface area contributed by atoms with Gasteiger partial charge in [-0.15, -0.1) is 11.8 Å². The summed E-state index contributed by atoms with van der Waals surface area (Å²) in [4.78, 5) is 1.41. The molecule has 0 saturated carbocycles. The number of ether oxygens (including phenoxy) is 1. The van der Waals surface area contributed by atoms with Crippen molar-refractivity contribution in [1.82, 2.24) is 0 Å². The Morgan fingerprint density at radius 2 is 1.89 bits per heavy atom. The number of benzene rings is 2. The summed E-state index contributed by atoms with van der Waals surface area (Å²) in [5.41, 5.74) is 2.67. The lowest BCUT2D eigenvalue weighted by atomic mass is 10.1. The van der Waals surface area contributed by atoms with E-state index in [0.717, 1.165) is 17.5 Å². The van der Waals surface area contributed by atoms with Crippen LogP contribution >= 0.6 is 27.7 Å². The van der Waals surface area contributed by atoms with Gasteiger partial charge in [-0.05, 0) is 29.7 Å². The van der Waals surface area contributed by atoms with Gasteiger partial charge in [-0.1, -0.05) is 52.3 Å². The Morgan fingerprint density at radius 3 is 2.74 bits per heavy atom. The summed E-state index contributed by atoms with van der Waals surface area (Å²) in [6.45, 7) is 1.48. The van der Waals surface area contributed by atoms with Gasteiger partial charge in [-0.2, -0.15) is 0 Å². The van der Waals surface area contributed by atoms with Crippen LogP contribution in [0.15, 0.2) is 57.9 Å². The second-order valence-electron chi connectivity index (χ2n) is 4.66. The van der Waals surface area contributed by atoms with Crippen LogP contribution in [0.2, 0.25) is 0 Å². The van der Waals surface area contributed by atoms with Crippen LogP contribution < -0.4 is 0 Å². The Kier molecular flexibility index (Phi) is 4.26. The van der Waals surface area contributed by atoms with Crippen LogP contribution in [0.3, 0.4) is 0 Å². The van der Waals surface area contributed by atoms with Crippen molar-refractivity contribution in [3.8, 4) is 0 Å². The van der Waals surface area contributed by atoms with E-state index < -0.39 is 0 Å². The SMILES string of the molecule is Brc1ccccc1COCC1Cc2ccccc2S1. The quantitative estimate of drug-likeness (QED) is 0.802. The smallest absolute Gasteiger partial charge is 0.0728 e. The van der Waals surface area contributed by atoms with Crippen LogP contribution in [0, 0.1) is 0 Å². The monoisotopic (exact) mass is 334 g/mol. The molecule has 0 aliphatic carbocycles. The molecule has 0 bridgehead atoms. The fourth-order valence-corrected chi connectivity index (χ4v) is 3.91. The first-order valence-corrected chi connectivity index (χ1v) is 8.06. The molecule has 19 heavy (non-hydrogen) atoms. The van der Waals surface area contributed by atoms with E-state index in [-0.39, 0.29) is 0 Å². The second kappa shape index (κ2) is 6.12. The molecule has 0 saturated heterocycles. The fourth-order valence-electron chi connectivity index (χ4n) is 2.26. The highest BCUT2D eigenvalue weighted by molar-refractivity contribution is 9.10. The zero-order chi connectivity index (χ0) is 13.1. The van der Waals surface area contributed by atoms with Gasteiger partial charge >= 0.3 is 0 Å². The first-order valence-electron chi connectivity index (χ1n) is 6.38. The Balaban J connectivity index is 1.51. The molecule has 1 nitrogen and oxygen atoms in total. The number of thioether (sulfide) groups is 1. The van der Waals surface area contributed by atoms with Gasteiger partial charge in [0.15, 0.2) is 0 Å². The standard InChI is InChI=1S/C16H15BrOS/c17-15-7-3-1-6-13(15)10-18-11-14-9-12-5-2-4-8-16(12)19-14/h1-8,14H,9-11H2. The molecule has 1 aliphatic rings. The zero-order valence-electron chi connectivity index (χ0n) is 10.5. The normalized spacial score (nSPS) is 17.4. The molecule has 1 heterocycles. The average Bonchev–Trinajstić information content (AvgIpc) is 2.83. The lowest BCUT2D eigenvalue weighted by Crippen LogP contribution is -2.11. The number of hydrogen-bond acceptors (Lipinski definition) is 2. The first kappa shape index (κ1) is 13.2. The molecular weight excluding hydrogens is 320 g/mol. The molecule has 0 amide bonds. The fraction of sp³-hybridized carbons (Fsp3) is 0.250. The Bertz CT molecular complexity index is 545. The molecule has 0 radical (unpaired) electrons. The van der Waals surface area contributed by atoms with Crippen molar-refractivity contribution in [2.75, 3.05) is 6.61 Å². The van der Waals surface area contributed by atoms with Crippen LogP contribution in [0.25, 0.3) is 0 Å². The average molecular weight is 335 g/mol. The number of rotatable bonds is 4. The molecule has 0 N–H and O–H groups in total. The summed E-state index contributed by atoms with van der Waals surface area (Å²) in [7, 11) is 0. The number of hydrogen-bond donors (Lipinski definition) is 0. The molecule has 1 unspecified atom stereocenters. The highest BCUT2D eigenvalue weighted by Crippen LogP contribution is 2.36. The third-order valence-corrected chi connectivity index (χ3v) is 5.29. The molecular formula is C16H15BrOS.